The van der Waals surface area contributed by atoms with Gasteiger partial charge < -0.3 is 14.8 Å². The summed E-state index contributed by atoms with van der Waals surface area (Å²) in [4.78, 5) is 0. The Hall–Kier alpha value is -1.22. The highest BCUT2D eigenvalue weighted by Crippen LogP contribution is 2.38. The molecule has 0 spiro atoms. The molecule has 3 nitrogen and oxygen atoms in total. The van der Waals surface area contributed by atoms with Gasteiger partial charge in [-0.3, -0.25) is 0 Å². The SMILES string of the molecule is CCCNC1CCCC(c2ccc3c(c2)OCCO3)C1. The van der Waals surface area contributed by atoms with Gasteiger partial charge in [0.15, 0.2) is 11.5 Å². The molecule has 2 unspecified atom stereocenters. The third-order valence-electron chi connectivity index (χ3n) is 4.39. The van der Waals surface area contributed by atoms with E-state index in [1.54, 1.807) is 0 Å². The van der Waals surface area contributed by atoms with E-state index in [1.807, 2.05) is 0 Å². The van der Waals surface area contributed by atoms with Gasteiger partial charge in [0.1, 0.15) is 13.2 Å². The summed E-state index contributed by atoms with van der Waals surface area (Å²) in [6.07, 6.45) is 6.40. The molecule has 0 bridgehead atoms. The van der Waals surface area contributed by atoms with E-state index in [0.717, 1.165) is 18.0 Å². The Bertz CT molecular complexity index is 447. The van der Waals surface area contributed by atoms with Gasteiger partial charge in [-0.1, -0.05) is 19.4 Å². The predicted octanol–water partition coefficient (Wildman–Crippen LogP) is 3.48. The molecule has 1 aromatic carbocycles. The number of hydrogen-bond donors (Lipinski definition) is 1. The van der Waals surface area contributed by atoms with Crippen LogP contribution in [0.25, 0.3) is 0 Å². The van der Waals surface area contributed by atoms with Crippen molar-refractivity contribution in [2.45, 2.75) is 51.0 Å². The van der Waals surface area contributed by atoms with Gasteiger partial charge in [-0.15, -0.1) is 0 Å². The molecule has 1 aromatic rings. The van der Waals surface area contributed by atoms with E-state index < -0.39 is 0 Å². The van der Waals surface area contributed by atoms with Crippen molar-refractivity contribution in [3.05, 3.63) is 23.8 Å². The third kappa shape index (κ3) is 3.09. The minimum Gasteiger partial charge on any atom is -0.486 e. The predicted molar refractivity (Wildman–Crippen MR) is 80.7 cm³/mol. The topological polar surface area (TPSA) is 30.5 Å². The Balaban J connectivity index is 1.68. The van der Waals surface area contributed by atoms with Gasteiger partial charge in [0, 0.05) is 6.04 Å². The molecule has 1 fully saturated rings. The minimum atomic E-state index is 0.661. The van der Waals surface area contributed by atoms with Gasteiger partial charge in [0.25, 0.3) is 0 Å². The maximum Gasteiger partial charge on any atom is 0.161 e. The smallest absolute Gasteiger partial charge is 0.161 e. The van der Waals surface area contributed by atoms with E-state index in [0.29, 0.717) is 25.2 Å². The summed E-state index contributed by atoms with van der Waals surface area (Å²) in [7, 11) is 0. The molecule has 1 saturated carbocycles. The van der Waals surface area contributed by atoms with Crippen LogP contribution in [-0.2, 0) is 0 Å². The first-order chi connectivity index (χ1) is 9.86. The highest BCUT2D eigenvalue weighted by atomic mass is 16.6. The van der Waals surface area contributed by atoms with Gasteiger partial charge in [-0.2, -0.15) is 0 Å². The Morgan fingerprint density at radius 1 is 1.15 bits per heavy atom. The van der Waals surface area contributed by atoms with E-state index in [2.05, 4.69) is 30.4 Å². The van der Waals surface area contributed by atoms with Crippen LogP contribution < -0.4 is 14.8 Å². The molecule has 0 amide bonds. The fourth-order valence-corrected chi connectivity index (χ4v) is 3.34. The van der Waals surface area contributed by atoms with Crippen molar-refractivity contribution in [3.63, 3.8) is 0 Å². The molecule has 110 valence electrons. The van der Waals surface area contributed by atoms with Crippen molar-refractivity contribution in [3.8, 4) is 11.5 Å². The Morgan fingerprint density at radius 2 is 2.00 bits per heavy atom. The highest BCUT2D eigenvalue weighted by molar-refractivity contribution is 5.44. The summed E-state index contributed by atoms with van der Waals surface area (Å²) in [6.45, 7) is 4.70. The average Bonchev–Trinajstić information content (AvgIpc) is 2.53. The molecule has 20 heavy (non-hydrogen) atoms. The zero-order chi connectivity index (χ0) is 13.8. The maximum atomic E-state index is 5.71. The van der Waals surface area contributed by atoms with Crippen molar-refractivity contribution in [1.82, 2.24) is 5.32 Å². The molecule has 0 aromatic heterocycles. The van der Waals surface area contributed by atoms with Crippen molar-refractivity contribution in [1.29, 1.82) is 0 Å². The quantitative estimate of drug-likeness (QED) is 0.912. The normalized spacial score (nSPS) is 25.4. The Kier molecular flexibility index (Phi) is 4.46. The standard InChI is InChI=1S/C17H25NO2/c1-2-8-18-15-5-3-4-13(11-15)14-6-7-16-17(12-14)20-10-9-19-16/h6-7,12-13,15,18H,2-5,8-11H2,1H3. The number of benzene rings is 1. The molecule has 3 heteroatoms. The number of nitrogens with one attached hydrogen (secondary N) is 1. The van der Waals surface area contributed by atoms with Crippen LogP contribution in [0.4, 0.5) is 0 Å². The Labute approximate surface area is 121 Å². The lowest BCUT2D eigenvalue weighted by atomic mass is 9.81. The monoisotopic (exact) mass is 275 g/mol. The second kappa shape index (κ2) is 6.49. The van der Waals surface area contributed by atoms with Crippen molar-refractivity contribution >= 4 is 0 Å². The van der Waals surface area contributed by atoms with E-state index in [1.165, 1.54) is 37.7 Å². The highest BCUT2D eigenvalue weighted by Gasteiger charge is 2.24. The van der Waals surface area contributed by atoms with Gasteiger partial charge in [0.2, 0.25) is 0 Å². The summed E-state index contributed by atoms with van der Waals surface area (Å²) in [6, 6.07) is 7.18. The summed E-state index contributed by atoms with van der Waals surface area (Å²) in [5.74, 6) is 2.49. The van der Waals surface area contributed by atoms with Crippen LogP contribution in [0.1, 0.15) is 50.5 Å². The average molecular weight is 275 g/mol. The van der Waals surface area contributed by atoms with Gasteiger partial charge in [-0.25, -0.2) is 0 Å². The van der Waals surface area contributed by atoms with Crippen molar-refractivity contribution in [2.75, 3.05) is 19.8 Å². The van der Waals surface area contributed by atoms with Crippen LogP contribution >= 0.6 is 0 Å². The first-order valence-electron chi connectivity index (χ1n) is 7.99. The number of fused-ring (bicyclic) bond motifs is 1. The molecule has 1 N–H and O–H groups in total. The van der Waals surface area contributed by atoms with E-state index in [9.17, 15) is 0 Å². The summed E-state index contributed by atoms with van der Waals surface area (Å²) < 4.78 is 11.3. The Morgan fingerprint density at radius 3 is 2.85 bits per heavy atom. The molecular weight excluding hydrogens is 250 g/mol. The van der Waals surface area contributed by atoms with E-state index in [-0.39, 0.29) is 0 Å². The van der Waals surface area contributed by atoms with Crippen LogP contribution in [0.5, 0.6) is 11.5 Å². The van der Waals surface area contributed by atoms with Crippen molar-refractivity contribution < 1.29 is 9.47 Å². The van der Waals surface area contributed by atoms with Crippen molar-refractivity contribution in [2.24, 2.45) is 0 Å². The minimum absolute atomic E-state index is 0.661. The van der Waals surface area contributed by atoms with Crippen LogP contribution in [0, 0.1) is 0 Å². The molecule has 2 aliphatic rings. The maximum absolute atomic E-state index is 5.71. The fourth-order valence-electron chi connectivity index (χ4n) is 3.34. The van der Waals surface area contributed by atoms with E-state index >= 15 is 0 Å². The first kappa shape index (κ1) is 13.7. The number of ether oxygens (including phenoxy) is 2. The zero-order valence-electron chi connectivity index (χ0n) is 12.4. The molecule has 2 atom stereocenters. The number of rotatable bonds is 4. The molecule has 3 rings (SSSR count). The van der Waals surface area contributed by atoms with Gasteiger partial charge >= 0.3 is 0 Å². The second-order valence-electron chi connectivity index (χ2n) is 5.92. The van der Waals surface area contributed by atoms with Gasteiger partial charge in [-0.05, 0) is 55.8 Å². The summed E-state index contributed by atoms with van der Waals surface area (Å²) in [5, 5.41) is 3.68. The molecule has 1 heterocycles. The van der Waals surface area contributed by atoms with Gasteiger partial charge in [0.05, 0.1) is 0 Å². The third-order valence-corrected chi connectivity index (χ3v) is 4.39. The second-order valence-corrected chi connectivity index (χ2v) is 5.92. The van der Waals surface area contributed by atoms with E-state index in [4.69, 9.17) is 9.47 Å². The lowest BCUT2D eigenvalue weighted by Gasteiger charge is -2.31. The summed E-state index contributed by atoms with van der Waals surface area (Å²) in [5.41, 5.74) is 1.41. The van der Waals surface area contributed by atoms with Crippen LogP contribution in [-0.4, -0.2) is 25.8 Å². The summed E-state index contributed by atoms with van der Waals surface area (Å²) >= 11 is 0. The number of hydrogen-bond acceptors (Lipinski definition) is 3. The van der Waals surface area contributed by atoms with Crippen LogP contribution in [0.15, 0.2) is 18.2 Å². The zero-order valence-corrected chi connectivity index (χ0v) is 12.4. The molecular formula is C17H25NO2. The van der Waals surface area contributed by atoms with Crippen LogP contribution in [0.2, 0.25) is 0 Å². The molecule has 0 radical (unpaired) electrons. The fraction of sp³-hybridized carbons (Fsp3) is 0.647. The largest absolute Gasteiger partial charge is 0.486 e. The first-order valence-corrected chi connectivity index (χ1v) is 7.99. The lowest BCUT2D eigenvalue weighted by Crippen LogP contribution is -2.34. The molecule has 0 saturated heterocycles. The molecule has 1 aliphatic carbocycles. The lowest BCUT2D eigenvalue weighted by molar-refractivity contribution is 0.171. The molecule has 1 aliphatic heterocycles. The van der Waals surface area contributed by atoms with Crippen LogP contribution in [0.3, 0.4) is 0 Å².